The first-order chi connectivity index (χ1) is 13.5. The molecule has 0 saturated heterocycles. The Morgan fingerprint density at radius 1 is 1.11 bits per heavy atom. The lowest BCUT2D eigenvalue weighted by atomic mass is 10.2. The molecule has 1 aliphatic rings. The summed E-state index contributed by atoms with van der Waals surface area (Å²) in [5.41, 5.74) is 1.18. The van der Waals surface area contributed by atoms with E-state index in [1.165, 1.54) is 7.11 Å². The van der Waals surface area contributed by atoms with Crippen molar-refractivity contribution in [1.82, 2.24) is 0 Å². The van der Waals surface area contributed by atoms with E-state index < -0.39 is 17.8 Å². The Labute approximate surface area is 166 Å². The Kier molecular flexibility index (Phi) is 5.65. The summed E-state index contributed by atoms with van der Waals surface area (Å²) in [5, 5.41) is 2.63. The monoisotopic (exact) mass is 400 g/mol. The van der Waals surface area contributed by atoms with E-state index in [0.29, 0.717) is 22.7 Å². The number of anilines is 2. The predicted octanol–water partition coefficient (Wildman–Crippen LogP) is 3.31. The van der Waals surface area contributed by atoms with Gasteiger partial charge in [0.05, 0.1) is 25.0 Å². The third-order valence-corrected chi connectivity index (χ3v) is 4.35. The van der Waals surface area contributed by atoms with Crippen LogP contribution in [0.3, 0.4) is 0 Å². The molecule has 2 aromatic rings. The topological polar surface area (TPSA) is 84.9 Å². The molecule has 3 rings (SSSR count). The molecule has 0 unspecified atom stereocenters. The highest BCUT2D eigenvalue weighted by Crippen LogP contribution is 2.31. The molecule has 0 spiro atoms. The zero-order valence-electron chi connectivity index (χ0n) is 15.2. The summed E-state index contributed by atoms with van der Waals surface area (Å²) < 4.78 is 10.1. The lowest BCUT2D eigenvalue weighted by Crippen LogP contribution is -2.32. The molecule has 0 saturated carbocycles. The largest absolute Gasteiger partial charge is 0.497 e. The highest BCUT2D eigenvalue weighted by Gasteiger charge is 2.39. The fourth-order valence-corrected chi connectivity index (χ4v) is 2.86. The van der Waals surface area contributed by atoms with Crippen LogP contribution in [0.5, 0.6) is 5.75 Å². The molecule has 0 bridgehead atoms. The van der Waals surface area contributed by atoms with Gasteiger partial charge in [0, 0.05) is 11.8 Å². The van der Waals surface area contributed by atoms with E-state index in [9.17, 15) is 14.4 Å². The van der Waals surface area contributed by atoms with E-state index in [4.69, 9.17) is 21.1 Å². The van der Waals surface area contributed by atoms with Gasteiger partial charge in [-0.3, -0.25) is 9.59 Å². The summed E-state index contributed by atoms with van der Waals surface area (Å²) in [5.74, 6) is -1.16. The van der Waals surface area contributed by atoms with Crippen LogP contribution in [0.4, 0.5) is 11.4 Å². The molecule has 2 aromatic carbocycles. The first-order valence-electron chi connectivity index (χ1n) is 8.43. The van der Waals surface area contributed by atoms with Crippen LogP contribution in [0.15, 0.2) is 59.3 Å². The van der Waals surface area contributed by atoms with Crippen LogP contribution in [0.2, 0.25) is 0 Å². The van der Waals surface area contributed by atoms with Crippen molar-refractivity contribution in [3.63, 3.8) is 0 Å². The van der Waals surface area contributed by atoms with Crippen molar-refractivity contribution in [2.24, 2.45) is 0 Å². The summed E-state index contributed by atoms with van der Waals surface area (Å²) >= 11 is 6.11. The van der Waals surface area contributed by atoms with Gasteiger partial charge in [0.1, 0.15) is 16.5 Å². The molecule has 0 fully saturated rings. The smallest absolute Gasteiger partial charge is 0.338 e. The number of nitrogens with one attached hydrogen (secondary N) is 1. The minimum Gasteiger partial charge on any atom is -0.497 e. The third-order valence-electron chi connectivity index (χ3n) is 4.00. The number of methoxy groups -OCH3 is 1. The van der Waals surface area contributed by atoms with Gasteiger partial charge >= 0.3 is 5.97 Å². The molecule has 0 radical (unpaired) electrons. The lowest BCUT2D eigenvalue weighted by Gasteiger charge is -2.16. The molecular weight excluding hydrogens is 384 g/mol. The minimum atomic E-state index is -0.634. The number of rotatable bonds is 6. The third kappa shape index (κ3) is 3.70. The lowest BCUT2D eigenvalue weighted by molar-refractivity contribution is -0.120. The maximum absolute atomic E-state index is 12.8. The highest BCUT2D eigenvalue weighted by atomic mass is 35.5. The number of amides is 2. The van der Waals surface area contributed by atoms with Crippen LogP contribution < -0.4 is 15.0 Å². The molecule has 1 N–H and O–H groups in total. The molecular formula is C20H17ClN2O5. The van der Waals surface area contributed by atoms with Gasteiger partial charge in [-0.15, -0.1) is 0 Å². The van der Waals surface area contributed by atoms with Crippen LogP contribution in [0.25, 0.3) is 0 Å². The Hall–Kier alpha value is -3.32. The Bertz CT molecular complexity index is 969. The van der Waals surface area contributed by atoms with Crippen LogP contribution in [0.1, 0.15) is 17.3 Å². The van der Waals surface area contributed by atoms with E-state index in [1.54, 1.807) is 55.5 Å². The zero-order valence-corrected chi connectivity index (χ0v) is 15.9. The molecule has 0 aromatic heterocycles. The van der Waals surface area contributed by atoms with Crippen molar-refractivity contribution in [2.45, 2.75) is 6.92 Å². The maximum atomic E-state index is 12.8. The van der Waals surface area contributed by atoms with Crippen molar-refractivity contribution in [2.75, 3.05) is 23.9 Å². The van der Waals surface area contributed by atoms with Crippen LogP contribution in [0, 0.1) is 0 Å². The average molecular weight is 401 g/mol. The molecule has 7 nitrogen and oxygen atoms in total. The Balaban J connectivity index is 1.81. The normalized spacial score (nSPS) is 13.8. The molecule has 8 heteroatoms. The highest BCUT2D eigenvalue weighted by molar-refractivity contribution is 6.53. The average Bonchev–Trinajstić information content (AvgIpc) is 2.92. The quantitative estimate of drug-likeness (QED) is 0.591. The molecule has 1 aliphatic heterocycles. The van der Waals surface area contributed by atoms with Crippen LogP contribution in [-0.2, 0) is 14.3 Å². The number of carbonyl (C=O) groups excluding carboxylic acids is 3. The Morgan fingerprint density at radius 2 is 1.82 bits per heavy atom. The van der Waals surface area contributed by atoms with Gasteiger partial charge in [0.15, 0.2) is 0 Å². The van der Waals surface area contributed by atoms with Gasteiger partial charge < -0.3 is 14.8 Å². The summed E-state index contributed by atoms with van der Waals surface area (Å²) in [6.07, 6.45) is 0. The van der Waals surface area contributed by atoms with Crippen molar-refractivity contribution < 1.29 is 23.9 Å². The summed E-state index contributed by atoms with van der Waals surface area (Å²) in [4.78, 5) is 38.0. The maximum Gasteiger partial charge on any atom is 0.338 e. The van der Waals surface area contributed by atoms with E-state index in [1.807, 2.05) is 0 Å². The molecule has 0 atom stereocenters. The van der Waals surface area contributed by atoms with Gasteiger partial charge in [0.25, 0.3) is 11.8 Å². The standard InChI is InChI=1S/C20H17ClN2O5/c1-3-28-20(26)12-7-9-13(10-8-12)22-17-16(21)18(24)23(19(17)25)14-5-4-6-15(11-14)27-2/h4-11,22H,3H2,1-2H3. The zero-order chi connectivity index (χ0) is 20.3. The van der Waals surface area contributed by atoms with Gasteiger partial charge in [-0.05, 0) is 43.3 Å². The number of carbonyl (C=O) groups is 3. The molecule has 1 heterocycles. The first kappa shape index (κ1) is 19.4. The first-order valence-corrected chi connectivity index (χ1v) is 8.81. The number of halogens is 1. The van der Waals surface area contributed by atoms with Crippen molar-refractivity contribution >= 4 is 40.8 Å². The summed E-state index contributed by atoms with van der Waals surface area (Å²) in [6.45, 7) is 2.00. The van der Waals surface area contributed by atoms with Crippen molar-refractivity contribution in [1.29, 1.82) is 0 Å². The van der Waals surface area contributed by atoms with Crippen LogP contribution >= 0.6 is 11.6 Å². The number of esters is 1. The second-order valence-corrected chi connectivity index (χ2v) is 6.14. The van der Waals surface area contributed by atoms with Crippen LogP contribution in [-0.4, -0.2) is 31.5 Å². The molecule has 144 valence electrons. The van der Waals surface area contributed by atoms with E-state index in [0.717, 1.165) is 4.90 Å². The number of ether oxygens (including phenoxy) is 2. The Morgan fingerprint density at radius 3 is 2.46 bits per heavy atom. The fourth-order valence-electron chi connectivity index (χ4n) is 2.64. The number of hydrogen-bond acceptors (Lipinski definition) is 6. The van der Waals surface area contributed by atoms with Gasteiger partial charge in [-0.25, -0.2) is 9.69 Å². The van der Waals surface area contributed by atoms with E-state index in [-0.39, 0.29) is 17.3 Å². The van der Waals surface area contributed by atoms with E-state index >= 15 is 0 Å². The number of imide groups is 1. The van der Waals surface area contributed by atoms with Gasteiger partial charge in [0.2, 0.25) is 0 Å². The molecule has 0 aliphatic carbocycles. The van der Waals surface area contributed by atoms with Gasteiger partial charge in [-0.2, -0.15) is 0 Å². The fraction of sp³-hybridized carbons (Fsp3) is 0.150. The second-order valence-electron chi connectivity index (χ2n) is 5.76. The van der Waals surface area contributed by atoms with Crippen molar-refractivity contribution in [3.05, 3.63) is 64.8 Å². The number of hydrogen-bond donors (Lipinski definition) is 1. The minimum absolute atomic E-state index is 0.0432. The number of benzene rings is 2. The second kappa shape index (κ2) is 8.14. The van der Waals surface area contributed by atoms with E-state index in [2.05, 4.69) is 5.32 Å². The molecule has 28 heavy (non-hydrogen) atoms. The summed E-state index contributed by atoms with van der Waals surface area (Å²) in [6, 6.07) is 12.8. The van der Waals surface area contributed by atoms with Gasteiger partial charge in [-0.1, -0.05) is 17.7 Å². The number of nitrogens with zero attached hydrogens (tertiary/aromatic N) is 1. The summed E-state index contributed by atoms with van der Waals surface area (Å²) in [7, 11) is 1.49. The predicted molar refractivity (Wildman–Crippen MR) is 104 cm³/mol. The SMILES string of the molecule is CCOC(=O)c1ccc(NC2=C(Cl)C(=O)N(c3cccc(OC)c3)C2=O)cc1. The van der Waals surface area contributed by atoms with Crippen molar-refractivity contribution in [3.8, 4) is 5.75 Å². The molecule has 2 amide bonds.